The number of aliphatic imine (C=N–C) groups is 1. The predicted octanol–water partition coefficient (Wildman–Crippen LogP) is 3.95. The van der Waals surface area contributed by atoms with Crippen molar-refractivity contribution in [3.8, 4) is 5.75 Å². The third-order valence-electron chi connectivity index (χ3n) is 3.19. The lowest BCUT2D eigenvalue weighted by Crippen LogP contribution is -2.22. The van der Waals surface area contributed by atoms with Crippen LogP contribution in [0.15, 0.2) is 47.5 Å². The minimum absolute atomic E-state index is 0. The number of nitrogens with one attached hydrogen (secondary N) is 1. The summed E-state index contributed by atoms with van der Waals surface area (Å²) in [4.78, 5) is 4.19. The van der Waals surface area contributed by atoms with E-state index in [-0.39, 0.29) is 24.0 Å². The van der Waals surface area contributed by atoms with Gasteiger partial charge in [-0.2, -0.15) is 0 Å². The summed E-state index contributed by atoms with van der Waals surface area (Å²) in [7, 11) is 1.60. The van der Waals surface area contributed by atoms with Gasteiger partial charge in [-0.25, -0.2) is 8.78 Å². The van der Waals surface area contributed by atoms with E-state index in [2.05, 4.69) is 10.3 Å². The van der Waals surface area contributed by atoms with Crippen LogP contribution in [0.4, 0.5) is 14.5 Å². The van der Waals surface area contributed by atoms with Crippen LogP contribution in [0.3, 0.4) is 0 Å². The van der Waals surface area contributed by atoms with Gasteiger partial charge in [-0.3, -0.25) is 4.99 Å². The number of methoxy groups -OCH3 is 1. The van der Waals surface area contributed by atoms with E-state index in [0.29, 0.717) is 30.9 Å². The number of hydrogen-bond acceptors (Lipinski definition) is 2. The minimum Gasteiger partial charge on any atom is -0.497 e. The highest BCUT2D eigenvalue weighted by Gasteiger charge is 2.01. The van der Waals surface area contributed by atoms with Gasteiger partial charge in [0.05, 0.1) is 7.11 Å². The summed E-state index contributed by atoms with van der Waals surface area (Å²) in [6, 6.07) is 10.8. The molecule has 0 spiro atoms. The van der Waals surface area contributed by atoms with E-state index in [0.717, 1.165) is 17.5 Å². The van der Waals surface area contributed by atoms with Crippen molar-refractivity contribution in [2.24, 2.45) is 10.7 Å². The topological polar surface area (TPSA) is 59.6 Å². The first-order chi connectivity index (χ1) is 11.1. The summed E-state index contributed by atoms with van der Waals surface area (Å²) < 4.78 is 31.2. The van der Waals surface area contributed by atoms with Crippen LogP contribution in [0.5, 0.6) is 5.75 Å². The van der Waals surface area contributed by atoms with Crippen molar-refractivity contribution in [2.45, 2.75) is 12.8 Å². The minimum atomic E-state index is -0.566. The van der Waals surface area contributed by atoms with Crippen LogP contribution in [0.1, 0.15) is 12.0 Å². The highest BCUT2D eigenvalue weighted by molar-refractivity contribution is 14.0. The van der Waals surface area contributed by atoms with Crippen molar-refractivity contribution in [1.82, 2.24) is 0 Å². The fraction of sp³-hybridized carbons (Fsp3) is 0.235. The lowest BCUT2D eigenvalue weighted by Gasteiger charge is -2.07. The van der Waals surface area contributed by atoms with E-state index >= 15 is 0 Å². The van der Waals surface area contributed by atoms with Crippen LogP contribution in [-0.2, 0) is 6.42 Å². The third-order valence-corrected chi connectivity index (χ3v) is 3.19. The van der Waals surface area contributed by atoms with Gasteiger partial charge in [0.25, 0.3) is 0 Å². The molecule has 0 aliphatic carbocycles. The number of ether oxygens (including phenoxy) is 1. The van der Waals surface area contributed by atoms with Gasteiger partial charge in [-0.05, 0) is 54.8 Å². The fourth-order valence-corrected chi connectivity index (χ4v) is 2.10. The van der Waals surface area contributed by atoms with Gasteiger partial charge in [0.1, 0.15) is 17.4 Å². The number of aryl methyl sites for hydroxylation is 1. The van der Waals surface area contributed by atoms with Crippen molar-refractivity contribution in [2.75, 3.05) is 19.0 Å². The molecule has 130 valence electrons. The molecule has 2 rings (SSSR count). The molecule has 2 aromatic rings. The first-order valence-electron chi connectivity index (χ1n) is 7.23. The maximum absolute atomic E-state index is 13.1. The average molecular weight is 447 g/mol. The number of anilines is 1. The van der Waals surface area contributed by atoms with Gasteiger partial charge in [-0.1, -0.05) is 0 Å². The van der Waals surface area contributed by atoms with Crippen LogP contribution in [0.25, 0.3) is 0 Å². The third kappa shape index (κ3) is 6.69. The Morgan fingerprint density at radius 2 is 1.75 bits per heavy atom. The number of nitrogens with two attached hydrogens (primary N) is 1. The lowest BCUT2D eigenvalue weighted by molar-refractivity contribution is 0.415. The maximum Gasteiger partial charge on any atom is 0.193 e. The zero-order valence-corrected chi connectivity index (χ0v) is 15.6. The Labute approximate surface area is 157 Å². The molecule has 3 N–H and O–H groups in total. The molecule has 7 heteroatoms. The first kappa shape index (κ1) is 20.1. The maximum atomic E-state index is 13.1. The van der Waals surface area contributed by atoms with Crippen molar-refractivity contribution in [1.29, 1.82) is 0 Å². The molecule has 0 saturated heterocycles. The Balaban J connectivity index is 0.00000288. The van der Waals surface area contributed by atoms with Crippen LogP contribution >= 0.6 is 24.0 Å². The van der Waals surface area contributed by atoms with Crippen molar-refractivity contribution in [3.63, 3.8) is 0 Å². The molecule has 0 aliphatic heterocycles. The van der Waals surface area contributed by atoms with E-state index in [1.807, 2.05) is 24.3 Å². The lowest BCUT2D eigenvalue weighted by atomic mass is 10.1. The van der Waals surface area contributed by atoms with Crippen LogP contribution in [-0.4, -0.2) is 19.6 Å². The van der Waals surface area contributed by atoms with Crippen molar-refractivity contribution in [3.05, 3.63) is 59.7 Å². The molecule has 4 nitrogen and oxygen atoms in total. The Morgan fingerprint density at radius 1 is 1.12 bits per heavy atom. The average Bonchev–Trinajstić information content (AvgIpc) is 2.51. The molecular weight excluding hydrogens is 427 g/mol. The molecule has 0 heterocycles. The zero-order chi connectivity index (χ0) is 16.7. The largest absolute Gasteiger partial charge is 0.497 e. The second-order valence-electron chi connectivity index (χ2n) is 5.00. The Hall–Kier alpha value is -1.90. The molecular formula is C17H20F2IN3O. The van der Waals surface area contributed by atoms with Crippen molar-refractivity contribution >= 4 is 35.6 Å². The summed E-state index contributed by atoms with van der Waals surface area (Å²) in [5, 5.41) is 2.96. The molecule has 0 radical (unpaired) electrons. The quantitative estimate of drug-likeness (QED) is 0.305. The van der Waals surface area contributed by atoms with Crippen LogP contribution in [0.2, 0.25) is 0 Å². The summed E-state index contributed by atoms with van der Waals surface area (Å²) >= 11 is 0. The SMILES string of the molecule is COc1ccc(NC(N)=NCCCc2cc(F)cc(F)c2)cc1.I. The first-order valence-corrected chi connectivity index (χ1v) is 7.23. The number of rotatable bonds is 6. The van der Waals surface area contributed by atoms with Gasteiger partial charge in [0.2, 0.25) is 0 Å². The molecule has 0 atom stereocenters. The number of nitrogens with zero attached hydrogens (tertiary/aromatic N) is 1. The molecule has 0 aromatic heterocycles. The van der Waals surface area contributed by atoms with E-state index in [9.17, 15) is 8.78 Å². The molecule has 0 saturated carbocycles. The standard InChI is InChI=1S/C17H19F2N3O.HI/c1-23-16-6-4-15(5-7-16)22-17(20)21-8-2-3-12-9-13(18)11-14(19)10-12;/h4-7,9-11H,2-3,8H2,1H3,(H3,20,21,22);1H. The van der Waals surface area contributed by atoms with Gasteiger partial charge in [0, 0.05) is 18.3 Å². The van der Waals surface area contributed by atoms with E-state index in [4.69, 9.17) is 10.5 Å². The van der Waals surface area contributed by atoms with Gasteiger partial charge >= 0.3 is 0 Å². The number of benzene rings is 2. The summed E-state index contributed by atoms with van der Waals surface area (Å²) in [6.45, 7) is 0.465. The van der Waals surface area contributed by atoms with Gasteiger partial charge < -0.3 is 15.8 Å². The van der Waals surface area contributed by atoms with E-state index < -0.39 is 11.6 Å². The molecule has 0 amide bonds. The number of guanidine groups is 1. The monoisotopic (exact) mass is 447 g/mol. The predicted molar refractivity (Wildman–Crippen MR) is 103 cm³/mol. The van der Waals surface area contributed by atoms with Gasteiger partial charge in [0.15, 0.2) is 5.96 Å². The molecule has 0 aliphatic rings. The highest BCUT2D eigenvalue weighted by atomic mass is 127. The molecule has 0 bridgehead atoms. The highest BCUT2D eigenvalue weighted by Crippen LogP contribution is 2.14. The Morgan fingerprint density at radius 3 is 2.33 bits per heavy atom. The summed E-state index contributed by atoms with van der Waals surface area (Å²) in [5.74, 6) is -0.0812. The Kier molecular flexibility index (Phi) is 8.45. The molecule has 2 aromatic carbocycles. The van der Waals surface area contributed by atoms with Gasteiger partial charge in [-0.15, -0.1) is 24.0 Å². The van der Waals surface area contributed by atoms with E-state index in [1.54, 1.807) is 7.11 Å². The Bertz CT molecular complexity index is 658. The molecule has 0 unspecified atom stereocenters. The van der Waals surface area contributed by atoms with Crippen molar-refractivity contribution < 1.29 is 13.5 Å². The summed E-state index contributed by atoms with van der Waals surface area (Å²) in [5.41, 5.74) is 7.21. The molecule has 24 heavy (non-hydrogen) atoms. The fourth-order valence-electron chi connectivity index (χ4n) is 2.10. The number of halogens is 3. The normalized spacial score (nSPS) is 10.9. The second kappa shape index (κ2) is 10.1. The van der Waals surface area contributed by atoms with Crippen LogP contribution < -0.4 is 15.8 Å². The summed E-state index contributed by atoms with van der Waals surface area (Å²) in [6.07, 6.45) is 1.18. The van der Waals surface area contributed by atoms with Crippen LogP contribution in [0, 0.1) is 11.6 Å². The zero-order valence-electron chi connectivity index (χ0n) is 13.3. The molecule has 0 fully saturated rings. The smallest absolute Gasteiger partial charge is 0.193 e. The second-order valence-corrected chi connectivity index (χ2v) is 5.00. The van der Waals surface area contributed by atoms with E-state index in [1.165, 1.54) is 12.1 Å². The number of hydrogen-bond donors (Lipinski definition) is 2.